The lowest BCUT2D eigenvalue weighted by molar-refractivity contribution is -0.122. The Balaban J connectivity index is 1.66. The third kappa shape index (κ3) is 4.10. The zero-order chi connectivity index (χ0) is 17.8. The van der Waals surface area contributed by atoms with E-state index in [1.807, 2.05) is 24.3 Å². The van der Waals surface area contributed by atoms with Crippen molar-refractivity contribution in [2.45, 2.75) is 32.7 Å². The van der Waals surface area contributed by atoms with Crippen molar-refractivity contribution in [1.29, 1.82) is 0 Å². The quantitative estimate of drug-likeness (QED) is 0.801. The summed E-state index contributed by atoms with van der Waals surface area (Å²) >= 11 is 3.41. The molecule has 1 saturated heterocycles. The number of nitrogens with zero attached hydrogens (tertiary/aromatic N) is 3. The van der Waals surface area contributed by atoms with Gasteiger partial charge in [0, 0.05) is 35.7 Å². The fourth-order valence-corrected chi connectivity index (χ4v) is 3.32. The molecule has 0 unspecified atom stereocenters. The number of unbranched alkanes of at least 4 members (excludes halogenated alkanes) is 1. The molecular formula is C18H21BrN4O2. The van der Waals surface area contributed by atoms with Gasteiger partial charge in [-0.3, -0.25) is 9.59 Å². The SMILES string of the molecule is CCCCn1nccc1NC(=O)[C@H]1CC(=O)N(c2cccc(Br)c2)C1. The summed E-state index contributed by atoms with van der Waals surface area (Å²) in [5, 5.41) is 7.16. The molecule has 1 N–H and O–H groups in total. The van der Waals surface area contributed by atoms with Crippen molar-refractivity contribution in [2.75, 3.05) is 16.8 Å². The van der Waals surface area contributed by atoms with Gasteiger partial charge in [-0.1, -0.05) is 35.3 Å². The van der Waals surface area contributed by atoms with Crippen LogP contribution in [-0.4, -0.2) is 28.1 Å². The van der Waals surface area contributed by atoms with Crippen molar-refractivity contribution in [2.24, 2.45) is 5.92 Å². The van der Waals surface area contributed by atoms with Crippen LogP contribution in [0, 0.1) is 5.92 Å². The largest absolute Gasteiger partial charge is 0.312 e. The number of nitrogens with one attached hydrogen (secondary N) is 1. The fourth-order valence-electron chi connectivity index (χ4n) is 2.93. The number of halogens is 1. The Morgan fingerprint density at radius 3 is 3.00 bits per heavy atom. The maximum absolute atomic E-state index is 12.6. The summed E-state index contributed by atoms with van der Waals surface area (Å²) in [5.74, 6) is 0.162. The molecule has 2 aromatic rings. The first-order chi connectivity index (χ1) is 12.1. The van der Waals surface area contributed by atoms with E-state index in [-0.39, 0.29) is 24.2 Å². The van der Waals surface area contributed by atoms with E-state index in [0.29, 0.717) is 12.4 Å². The van der Waals surface area contributed by atoms with E-state index >= 15 is 0 Å². The number of aromatic nitrogens is 2. The second-order valence-corrected chi connectivity index (χ2v) is 7.08. The van der Waals surface area contributed by atoms with E-state index < -0.39 is 0 Å². The molecule has 6 nitrogen and oxygen atoms in total. The Hall–Kier alpha value is -2.15. The number of carbonyl (C=O) groups excluding carboxylic acids is 2. The van der Waals surface area contributed by atoms with Crippen LogP contribution in [0.3, 0.4) is 0 Å². The van der Waals surface area contributed by atoms with Crippen molar-refractivity contribution in [1.82, 2.24) is 9.78 Å². The van der Waals surface area contributed by atoms with Crippen LogP contribution in [0.1, 0.15) is 26.2 Å². The first kappa shape index (κ1) is 17.7. The molecule has 1 aliphatic rings. The van der Waals surface area contributed by atoms with Gasteiger partial charge in [0.2, 0.25) is 11.8 Å². The number of amides is 2. The van der Waals surface area contributed by atoms with Crippen molar-refractivity contribution >= 4 is 39.2 Å². The molecule has 0 aliphatic carbocycles. The Kier molecular flexibility index (Phi) is 5.53. The summed E-state index contributed by atoms with van der Waals surface area (Å²) in [7, 11) is 0. The van der Waals surface area contributed by atoms with Crippen molar-refractivity contribution in [3.63, 3.8) is 0 Å². The first-order valence-corrected chi connectivity index (χ1v) is 9.26. The third-order valence-corrected chi connectivity index (χ3v) is 4.80. The molecule has 0 spiro atoms. The highest BCUT2D eigenvalue weighted by atomic mass is 79.9. The molecule has 132 valence electrons. The van der Waals surface area contributed by atoms with Gasteiger partial charge in [-0.2, -0.15) is 5.10 Å². The van der Waals surface area contributed by atoms with Crippen molar-refractivity contribution in [3.8, 4) is 0 Å². The Morgan fingerprint density at radius 1 is 1.40 bits per heavy atom. The van der Waals surface area contributed by atoms with Crippen LogP contribution in [0.5, 0.6) is 0 Å². The van der Waals surface area contributed by atoms with Crippen LogP contribution in [0.4, 0.5) is 11.5 Å². The zero-order valence-corrected chi connectivity index (χ0v) is 15.7. The van der Waals surface area contributed by atoms with E-state index in [2.05, 4.69) is 33.3 Å². The number of hydrogen-bond donors (Lipinski definition) is 1. The van der Waals surface area contributed by atoms with Gasteiger partial charge in [-0.25, -0.2) is 4.68 Å². The van der Waals surface area contributed by atoms with Gasteiger partial charge in [0.25, 0.3) is 0 Å². The molecule has 1 aliphatic heterocycles. The van der Waals surface area contributed by atoms with Crippen LogP contribution in [0.2, 0.25) is 0 Å². The Bertz CT molecular complexity index is 774. The van der Waals surface area contributed by atoms with Crippen LogP contribution in [0.15, 0.2) is 41.0 Å². The lowest BCUT2D eigenvalue weighted by Gasteiger charge is -2.17. The average molecular weight is 405 g/mol. The lowest BCUT2D eigenvalue weighted by Crippen LogP contribution is -2.28. The van der Waals surface area contributed by atoms with Gasteiger partial charge in [0.15, 0.2) is 0 Å². The van der Waals surface area contributed by atoms with E-state index in [9.17, 15) is 9.59 Å². The van der Waals surface area contributed by atoms with Gasteiger partial charge in [0.1, 0.15) is 5.82 Å². The maximum atomic E-state index is 12.6. The number of carbonyl (C=O) groups is 2. The second kappa shape index (κ2) is 7.82. The van der Waals surface area contributed by atoms with Crippen LogP contribution < -0.4 is 10.2 Å². The van der Waals surface area contributed by atoms with Crippen LogP contribution in [-0.2, 0) is 16.1 Å². The monoisotopic (exact) mass is 404 g/mol. The standard InChI is InChI=1S/C18H21BrN4O2/c1-2-3-9-23-16(7-8-20-23)21-18(25)13-10-17(24)22(12-13)15-6-4-5-14(19)11-15/h4-8,11,13H,2-3,9-10,12H2,1H3,(H,21,25)/t13-/m0/s1. The summed E-state index contributed by atoms with van der Waals surface area (Å²) in [4.78, 5) is 26.6. The zero-order valence-electron chi connectivity index (χ0n) is 14.1. The van der Waals surface area contributed by atoms with E-state index in [4.69, 9.17) is 0 Å². The highest BCUT2D eigenvalue weighted by Gasteiger charge is 2.35. The minimum Gasteiger partial charge on any atom is -0.312 e. The van der Waals surface area contributed by atoms with E-state index in [1.54, 1.807) is 21.8 Å². The molecule has 0 bridgehead atoms. The van der Waals surface area contributed by atoms with E-state index in [0.717, 1.165) is 29.5 Å². The maximum Gasteiger partial charge on any atom is 0.230 e. The van der Waals surface area contributed by atoms with Crippen LogP contribution in [0.25, 0.3) is 0 Å². The normalized spacial score (nSPS) is 17.1. The average Bonchev–Trinajstić information content (AvgIpc) is 3.19. The smallest absolute Gasteiger partial charge is 0.230 e. The third-order valence-electron chi connectivity index (χ3n) is 4.31. The Labute approximate surface area is 155 Å². The second-order valence-electron chi connectivity index (χ2n) is 6.17. The molecule has 25 heavy (non-hydrogen) atoms. The van der Waals surface area contributed by atoms with Gasteiger partial charge >= 0.3 is 0 Å². The van der Waals surface area contributed by atoms with Crippen LogP contribution >= 0.6 is 15.9 Å². The predicted octanol–water partition coefficient (Wildman–Crippen LogP) is 3.44. The van der Waals surface area contributed by atoms with Crippen molar-refractivity contribution < 1.29 is 9.59 Å². The number of aryl methyl sites for hydroxylation is 1. The number of anilines is 2. The fraction of sp³-hybridized carbons (Fsp3) is 0.389. The minimum atomic E-state index is -0.360. The molecule has 1 fully saturated rings. The number of rotatable bonds is 6. The van der Waals surface area contributed by atoms with Crippen molar-refractivity contribution in [3.05, 3.63) is 41.0 Å². The summed E-state index contributed by atoms with van der Waals surface area (Å²) < 4.78 is 2.70. The minimum absolute atomic E-state index is 0.0299. The molecule has 0 saturated carbocycles. The molecule has 7 heteroatoms. The molecule has 1 atom stereocenters. The molecule has 1 aromatic carbocycles. The summed E-state index contributed by atoms with van der Waals surface area (Å²) in [6.07, 6.45) is 3.97. The van der Waals surface area contributed by atoms with Gasteiger partial charge in [0.05, 0.1) is 12.1 Å². The molecule has 1 aromatic heterocycles. The molecule has 3 rings (SSSR count). The molecule has 2 amide bonds. The summed E-state index contributed by atoms with van der Waals surface area (Å²) in [6, 6.07) is 9.34. The van der Waals surface area contributed by atoms with E-state index in [1.165, 1.54) is 0 Å². The highest BCUT2D eigenvalue weighted by molar-refractivity contribution is 9.10. The van der Waals surface area contributed by atoms with Gasteiger partial charge < -0.3 is 10.2 Å². The number of hydrogen-bond acceptors (Lipinski definition) is 3. The van der Waals surface area contributed by atoms with Gasteiger partial charge in [-0.05, 0) is 24.6 Å². The topological polar surface area (TPSA) is 67.2 Å². The predicted molar refractivity (Wildman–Crippen MR) is 100 cm³/mol. The van der Waals surface area contributed by atoms with Gasteiger partial charge in [-0.15, -0.1) is 0 Å². The highest BCUT2D eigenvalue weighted by Crippen LogP contribution is 2.28. The summed E-state index contributed by atoms with van der Waals surface area (Å²) in [5.41, 5.74) is 0.808. The first-order valence-electron chi connectivity index (χ1n) is 8.47. The Morgan fingerprint density at radius 2 is 2.24 bits per heavy atom. The number of benzene rings is 1. The molecule has 2 heterocycles. The lowest BCUT2D eigenvalue weighted by atomic mass is 10.1. The molecular weight excluding hydrogens is 384 g/mol. The molecule has 0 radical (unpaired) electrons. The summed E-state index contributed by atoms with van der Waals surface area (Å²) in [6.45, 7) is 3.28.